The second-order valence-corrected chi connectivity index (χ2v) is 6.24. The van der Waals surface area contributed by atoms with Crippen molar-refractivity contribution in [2.24, 2.45) is 0 Å². The Labute approximate surface area is 134 Å². The summed E-state index contributed by atoms with van der Waals surface area (Å²) in [5.74, 6) is 5.61. The zero-order valence-electron chi connectivity index (χ0n) is 13.0. The van der Waals surface area contributed by atoms with E-state index < -0.39 is 0 Å². The van der Waals surface area contributed by atoms with Crippen LogP contribution in [0.3, 0.4) is 0 Å². The van der Waals surface area contributed by atoms with Crippen LogP contribution in [0.25, 0.3) is 0 Å². The van der Waals surface area contributed by atoms with Crippen LogP contribution in [0.4, 0.5) is 5.69 Å². The molecular formula is C15H21N5OS. The Morgan fingerprint density at radius 3 is 2.50 bits per heavy atom. The number of carbonyl (C=O) groups excluding carboxylic acids is 1. The molecule has 1 atom stereocenters. The first-order valence-corrected chi connectivity index (χ1v) is 8.18. The van der Waals surface area contributed by atoms with Gasteiger partial charge in [0.15, 0.2) is 0 Å². The van der Waals surface area contributed by atoms with Gasteiger partial charge in [0.25, 0.3) is 0 Å². The molecule has 3 N–H and O–H groups in total. The van der Waals surface area contributed by atoms with Gasteiger partial charge >= 0.3 is 0 Å². The van der Waals surface area contributed by atoms with Gasteiger partial charge in [-0.15, -0.1) is 10.2 Å². The molecule has 1 aromatic heterocycles. The summed E-state index contributed by atoms with van der Waals surface area (Å²) in [4.78, 5) is 12.5. The molecular weight excluding hydrogens is 298 g/mol. The molecule has 1 heterocycles. The molecule has 1 amide bonds. The summed E-state index contributed by atoms with van der Waals surface area (Å²) in [6, 6.07) is 6.12. The number of nitrogens with zero attached hydrogens (tertiary/aromatic N) is 3. The molecule has 22 heavy (non-hydrogen) atoms. The first-order chi connectivity index (χ1) is 10.6. The monoisotopic (exact) mass is 319 g/mol. The minimum atomic E-state index is -0.318. The average molecular weight is 319 g/mol. The lowest BCUT2D eigenvalue weighted by molar-refractivity contribution is -0.115. The maximum Gasteiger partial charge on any atom is 0.237 e. The number of hydrogen-bond acceptors (Lipinski definition) is 5. The van der Waals surface area contributed by atoms with Crippen LogP contribution in [0.2, 0.25) is 0 Å². The lowest BCUT2D eigenvalue weighted by Crippen LogP contribution is -2.24. The van der Waals surface area contributed by atoms with E-state index in [1.54, 1.807) is 0 Å². The van der Waals surface area contributed by atoms with Crippen molar-refractivity contribution in [1.82, 2.24) is 14.9 Å². The normalized spacial score (nSPS) is 12.1. The first-order valence-electron chi connectivity index (χ1n) is 7.30. The van der Waals surface area contributed by atoms with Gasteiger partial charge in [-0.1, -0.05) is 43.8 Å². The Morgan fingerprint density at radius 1 is 1.36 bits per heavy atom. The van der Waals surface area contributed by atoms with Gasteiger partial charge in [-0.3, -0.25) is 4.79 Å². The number of carbonyl (C=O) groups is 1. The highest BCUT2D eigenvalue weighted by Gasteiger charge is 2.19. The van der Waals surface area contributed by atoms with Crippen molar-refractivity contribution in [3.05, 3.63) is 35.7 Å². The van der Waals surface area contributed by atoms with Crippen molar-refractivity contribution in [1.29, 1.82) is 0 Å². The quantitative estimate of drug-likeness (QED) is 0.630. The molecule has 0 saturated heterocycles. The van der Waals surface area contributed by atoms with Gasteiger partial charge in [-0.25, -0.2) is 4.68 Å². The number of hydrogen-bond donors (Lipinski definition) is 2. The van der Waals surface area contributed by atoms with Gasteiger partial charge < -0.3 is 11.2 Å². The number of anilines is 1. The molecule has 0 fully saturated rings. The molecule has 2 rings (SSSR count). The molecule has 0 saturated carbocycles. The van der Waals surface area contributed by atoms with Crippen LogP contribution in [0.15, 0.2) is 29.7 Å². The smallest absolute Gasteiger partial charge is 0.237 e. The number of rotatable bonds is 6. The van der Waals surface area contributed by atoms with Crippen LogP contribution >= 0.6 is 11.8 Å². The molecule has 6 nitrogen and oxygen atoms in total. The third-order valence-corrected chi connectivity index (χ3v) is 4.51. The molecule has 0 aliphatic carbocycles. The number of nitrogens with one attached hydrogen (secondary N) is 1. The Morgan fingerprint density at radius 2 is 2.00 bits per heavy atom. The van der Waals surface area contributed by atoms with E-state index in [1.165, 1.54) is 22.8 Å². The molecule has 1 aromatic carbocycles. The largest absolute Gasteiger partial charge is 0.336 e. The van der Waals surface area contributed by atoms with E-state index in [0.717, 1.165) is 29.7 Å². The van der Waals surface area contributed by atoms with Crippen molar-refractivity contribution in [3.63, 3.8) is 0 Å². The number of thioether (sulfide) groups is 1. The van der Waals surface area contributed by atoms with Crippen molar-refractivity contribution in [3.8, 4) is 0 Å². The van der Waals surface area contributed by atoms with Crippen LogP contribution in [0.1, 0.15) is 31.9 Å². The highest BCUT2D eigenvalue weighted by Crippen LogP contribution is 2.25. The summed E-state index contributed by atoms with van der Waals surface area (Å²) in [6.07, 6.45) is 3.17. The van der Waals surface area contributed by atoms with Gasteiger partial charge in [-0.05, 0) is 30.9 Å². The second-order valence-electron chi connectivity index (χ2n) is 4.93. The summed E-state index contributed by atoms with van der Waals surface area (Å²) < 4.78 is 1.31. The van der Waals surface area contributed by atoms with Crippen molar-refractivity contribution < 1.29 is 4.79 Å². The number of amides is 1. The van der Waals surface area contributed by atoms with Gasteiger partial charge in [-0.2, -0.15) is 0 Å². The molecule has 0 radical (unpaired) electrons. The molecule has 118 valence electrons. The lowest BCUT2D eigenvalue weighted by Gasteiger charge is -2.16. The lowest BCUT2D eigenvalue weighted by atomic mass is 10.0. The van der Waals surface area contributed by atoms with E-state index in [1.807, 2.05) is 25.1 Å². The van der Waals surface area contributed by atoms with Crippen molar-refractivity contribution in [2.75, 3.05) is 11.2 Å². The summed E-state index contributed by atoms with van der Waals surface area (Å²) in [6.45, 7) is 5.99. The number of para-hydroxylation sites is 1. The Hall–Kier alpha value is -2.02. The molecule has 0 aliphatic rings. The summed E-state index contributed by atoms with van der Waals surface area (Å²) >= 11 is 1.28. The Balaban J connectivity index is 2.13. The SMILES string of the molecule is CCc1cccc(CC)c1NC(=O)[C@@H](C)Sc1nncn1N. The fourth-order valence-corrected chi connectivity index (χ4v) is 2.90. The van der Waals surface area contributed by atoms with Gasteiger partial charge in [0.05, 0.1) is 5.25 Å². The number of nitrogens with two attached hydrogens (primary N) is 1. The molecule has 7 heteroatoms. The molecule has 0 aliphatic heterocycles. The van der Waals surface area contributed by atoms with Crippen LogP contribution in [0, 0.1) is 0 Å². The van der Waals surface area contributed by atoms with E-state index in [2.05, 4.69) is 29.4 Å². The van der Waals surface area contributed by atoms with Crippen molar-refractivity contribution >= 4 is 23.4 Å². The third kappa shape index (κ3) is 3.59. The molecule has 0 bridgehead atoms. The number of nitrogen functional groups attached to an aromatic ring is 1. The van der Waals surface area contributed by atoms with Gasteiger partial charge in [0.2, 0.25) is 11.1 Å². The number of benzene rings is 1. The molecule has 2 aromatic rings. The number of aryl methyl sites for hydroxylation is 2. The fourth-order valence-electron chi connectivity index (χ4n) is 2.16. The fraction of sp³-hybridized carbons (Fsp3) is 0.400. The molecule has 0 unspecified atom stereocenters. The second kappa shape index (κ2) is 7.31. The van der Waals surface area contributed by atoms with E-state index in [0.29, 0.717) is 5.16 Å². The predicted molar refractivity (Wildman–Crippen MR) is 89.3 cm³/mol. The van der Waals surface area contributed by atoms with Crippen LogP contribution in [-0.4, -0.2) is 26.0 Å². The van der Waals surface area contributed by atoms with E-state index in [-0.39, 0.29) is 11.2 Å². The first kappa shape index (κ1) is 16.4. The van der Waals surface area contributed by atoms with Crippen LogP contribution in [-0.2, 0) is 17.6 Å². The summed E-state index contributed by atoms with van der Waals surface area (Å²) in [5, 5.41) is 10.8. The van der Waals surface area contributed by atoms with E-state index in [4.69, 9.17) is 5.84 Å². The third-order valence-electron chi connectivity index (χ3n) is 3.44. The maximum absolute atomic E-state index is 12.5. The highest BCUT2D eigenvalue weighted by atomic mass is 32.2. The Kier molecular flexibility index (Phi) is 5.43. The maximum atomic E-state index is 12.5. The zero-order chi connectivity index (χ0) is 16.1. The van der Waals surface area contributed by atoms with E-state index in [9.17, 15) is 4.79 Å². The minimum Gasteiger partial charge on any atom is -0.336 e. The standard InChI is InChI=1S/C15H21N5OS/c1-4-11-7-6-8-12(5-2)13(11)18-14(21)10(3)22-15-19-17-9-20(15)16/h6-10H,4-5,16H2,1-3H3,(H,18,21)/t10-/m1/s1. The summed E-state index contributed by atoms with van der Waals surface area (Å²) in [5.41, 5.74) is 3.22. The van der Waals surface area contributed by atoms with Crippen LogP contribution < -0.4 is 11.2 Å². The topological polar surface area (TPSA) is 85.8 Å². The van der Waals surface area contributed by atoms with Crippen LogP contribution in [0.5, 0.6) is 0 Å². The molecule has 0 spiro atoms. The van der Waals surface area contributed by atoms with E-state index >= 15 is 0 Å². The Bertz CT molecular complexity index is 633. The highest BCUT2D eigenvalue weighted by molar-refractivity contribution is 8.00. The average Bonchev–Trinajstić information content (AvgIpc) is 2.92. The van der Waals surface area contributed by atoms with Gasteiger partial charge in [0.1, 0.15) is 6.33 Å². The summed E-state index contributed by atoms with van der Waals surface area (Å²) in [7, 11) is 0. The predicted octanol–water partition coefficient (Wildman–Crippen LogP) is 2.24. The zero-order valence-corrected chi connectivity index (χ0v) is 13.9. The van der Waals surface area contributed by atoms with Gasteiger partial charge in [0, 0.05) is 5.69 Å². The minimum absolute atomic E-state index is 0.0661. The number of aromatic nitrogens is 3. The van der Waals surface area contributed by atoms with Crippen molar-refractivity contribution in [2.45, 2.75) is 44.0 Å².